The minimum atomic E-state index is -0.162. The van der Waals surface area contributed by atoms with E-state index in [0.717, 1.165) is 22.4 Å². The van der Waals surface area contributed by atoms with E-state index < -0.39 is 0 Å². The summed E-state index contributed by atoms with van der Waals surface area (Å²) in [5.41, 5.74) is 2.08. The van der Waals surface area contributed by atoms with Crippen LogP contribution in [0.4, 0.5) is 0 Å². The zero-order valence-electron chi connectivity index (χ0n) is 20.3. The number of carbonyl (C=O) groups excluding carboxylic acids is 2. The van der Waals surface area contributed by atoms with Gasteiger partial charge in [-0.1, -0.05) is 67.6 Å². The summed E-state index contributed by atoms with van der Waals surface area (Å²) in [6.45, 7) is 7.46. The SMILES string of the molecule is CCC(C)N(CC(=O)N(Cc1ccccc1)Cc1ccc(C)s1)C(=O)COCc1ccccc1. The Balaban J connectivity index is 1.68. The highest BCUT2D eigenvalue weighted by atomic mass is 32.1. The van der Waals surface area contributed by atoms with E-state index in [4.69, 9.17) is 4.74 Å². The number of thiophene rings is 1. The van der Waals surface area contributed by atoms with E-state index >= 15 is 0 Å². The van der Waals surface area contributed by atoms with Crippen molar-refractivity contribution in [3.05, 3.63) is 93.7 Å². The molecular formula is C28H34N2O3S. The first kappa shape index (κ1) is 25.7. The first-order valence-electron chi connectivity index (χ1n) is 11.7. The zero-order valence-corrected chi connectivity index (χ0v) is 21.1. The molecular weight excluding hydrogens is 444 g/mol. The fourth-order valence-electron chi connectivity index (χ4n) is 3.66. The summed E-state index contributed by atoms with van der Waals surface area (Å²) in [6, 6.07) is 23.8. The number of hydrogen-bond donors (Lipinski definition) is 0. The largest absolute Gasteiger partial charge is 0.367 e. The van der Waals surface area contributed by atoms with E-state index in [9.17, 15) is 9.59 Å². The van der Waals surface area contributed by atoms with E-state index in [1.165, 1.54) is 4.88 Å². The summed E-state index contributed by atoms with van der Waals surface area (Å²) in [5, 5.41) is 0. The number of carbonyl (C=O) groups is 2. The molecule has 2 amide bonds. The fourth-order valence-corrected chi connectivity index (χ4v) is 4.57. The number of rotatable bonds is 12. The topological polar surface area (TPSA) is 49.9 Å². The normalized spacial score (nSPS) is 11.7. The van der Waals surface area contributed by atoms with Gasteiger partial charge in [0.15, 0.2) is 0 Å². The molecule has 0 aliphatic carbocycles. The maximum absolute atomic E-state index is 13.5. The Labute approximate surface area is 207 Å². The van der Waals surface area contributed by atoms with E-state index in [0.29, 0.717) is 19.7 Å². The van der Waals surface area contributed by atoms with E-state index in [1.807, 2.05) is 79.4 Å². The molecule has 2 aromatic carbocycles. The lowest BCUT2D eigenvalue weighted by Gasteiger charge is -2.31. The van der Waals surface area contributed by atoms with Crippen LogP contribution < -0.4 is 0 Å². The van der Waals surface area contributed by atoms with Crippen molar-refractivity contribution in [2.75, 3.05) is 13.2 Å². The maximum Gasteiger partial charge on any atom is 0.249 e. The van der Waals surface area contributed by atoms with Crippen molar-refractivity contribution in [3.8, 4) is 0 Å². The molecule has 0 spiro atoms. The van der Waals surface area contributed by atoms with Gasteiger partial charge < -0.3 is 14.5 Å². The van der Waals surface area contributed by atoms with Crippen LogP contribution in [0.2, 0.25) is 0 Å². The highest BCUT2D eigenvalue weighted by molar-refractivity contribution is 7.11. The van der Waals surface area contributed by atoms with Gasteiger partial charge >= 0.3 is 0 Å². The fraction of sp³-hybridized carbons (Fsp3) is 0.357. The van der Waals surface area contributed by atoms with Gasteiger partial charge in [-0.25, -0.2) is 0 Å². The summed E-state index contributed by atoms with van der Waals surface area (Å²) in [7, 11) is 0. The molecule has 1 atom stereocenters. The Morgan fingerprint density at radius 3 is 2.12 bits per heavy atom. The van der Waals surface area contributed by atoms with Gasteiger partial charge in [0.2, 0.25) is 11.8 Å². The molecule has 180 valence electrons. The first-order valence-corrected chi connectivity index (χ1v) is 12.6. The van der Waals surface area contributed by atoms with Crippen molar-refractivity contribution in [3.63, 3.8) is 0 Å². The maximum atomic E-state index is 13.5. The smallest absolute Gasteiger partial charge is 0.249 e. The summed E-state index contributed by atoms with van der Waals surface area (Å²) < 4.78 is 5.68. The second-order valence-electron chi connectivity index (χ2n) is 8.51. The van der Waals surface area contributed by atoms with Gasteiger partial charge in [-0.3, -0.25) is 9.59 Å². The summed E-state index contributed by atoms with van der Waals surface area (Å²) in [4.78, 5) is 32.4. The predicted octanol–water partition coefficient (Wildman–Crippen LogP) is 5.43. The molecule has 0 saturated heterocycles. The second-order valence-corrected chi connectivity index (χ2v) is 9.88. The van der Waals surface area contributed by atoms with Gasteiger partial charge in [0.1, 0.15) is 13.2 Å². The van der Waals surface area contributed by atoms with Gasteiger partial charge in [-0.2, -0.15) is 0 Å². The van der Waals surface area contributed by atoms with Crippen LogP contribution in [0.5, 0.6) is 0 Å². The number of hydrogen-bond acceptors (Lipinski definition) is 4. The van der Waals surface area contributed by atoms with Crippen LogP contribution in [0.1, 0.15) is 41.1 Å². The molecule has 5 nitrogen and oxygen atoms in total. The molecule has 0 bridgehead atoms. The number of amides is 2. The number of aryl methyl sites for hydroxylation is 1. The third-order valence-electron chi connectivity index (χ3n) is 5.80. The van der Waals surface area contributed by atoms with Gasteiger partial charge in [0.25, 0.3) is 0 Å². The van der Waals surface area contributed by atoms with Gasteiger partial charge in [0, 0.05) is 22.3 Å². The minimum absolute atomic E-state index is 0.0414. The van der Waals surface area contributed by atoms with Crippen LogP contribution >= 0.6 is 11.3 Å². The monoisotopic (exact) mass is 478 g/mol. The molecule has 1 unspecified atom stereocenters. The Bertz CT molecular complexity index is 1040. The number of benzene rings is 2. The van der Waals surface area contributed by atoms with Crippen LogP contribution in [0.15, 0.2) is 72.8 Å². The van der Waals surface area contributed by atoms with E-state index in [-0.39, 0.29) is 31.0 Å². The average Bonchev–Trinajstić information content (AvgIpc) is 3.27. The van der Waals surface area contributed by atoms with Crippen LogP contribution in [0.25, 0.3) is 0 Å². The van der Waals surface area contributed by atoms with Gasteiger partial charge in [-0.05, 0) is 43.5 Å². The van der Waals surface area contributed by atoms with Crippen LogP contribution in [-0.4, -0.2) is 40.8 Å². The zero-order chi connectivity index (χ0) is 24.3. The average molecular weight is 479 g/mol. The molecule has 3 rings (SSSR count). The number of nitrogens with zero attached hydrogens (tertiary/aromatic N) is 2. The summed E-state index contributed by atoms with van der Waals surface area (Å²) in [5.74, 6) is -0.225. The lowest BCUT2D eigenvalue weighted by Crippen LogP contribution is -2.47. The Morgan fingerprint density at radius 1 is 0.882 bits per heavy atom. The van der Waals surface area contributed by atoms with Crippen LogP contribution in [0, 0.1) is 6.92 Å². The van der Waals surface area contributed by atoms with Crippen LogP contribution in [0.3, 0.4) is 0 Å². The molecule has 0 aliphatic heterocycles. The van der Waals surface area contributed by atoms with E-state index in [2.05, 4.69) is 19.1 Å². The molecule has 34 heavy (non-hydrogen) atoms. The molecule has 6 heteroatoms. The van der Waals surface area contributed by atoms with Crippen molar-refractivity contribution >= 4 is 23.2 Å². The molecule has 1 heterocycles. The van der Waals surface area contributed by atoms with E-state index in [1.54, 1.807) is 16.2 Å². The highest BCUT2D eigenvalue weighted by Crippen LogP contribution is 2.19. The van der Waals surface area contributed by atoms with Crippen molar-refractivity contribution in [1.82, 2.24) is 9.80 Å². The standard InChI is InChI=1S/C28H34N2O3S/c1-4-22(2)30(28(32)21-33-20-25-13-9-6-10-14-25)19-27(31)29(17-24-11-7-5-8-12-24)18-26-16-15-23(3)34-26/h5-16,22H,4,17-21H2,1-3H3. The quantitative estimate of drug-likeness (QED) is 0.349. The molecule has 0 aliphatic rings. The third kappa shape index (κ3) is 7.82. The summed E-state index contributed by atoms with van der Waals surface area (Å²) in [6.07, 6.45) is 0.764. The Morgan fingerprint density at radius 2 is 1.53 bits per heavy atom. The third-order valence-corrected chi connectivity index (χ3v) is 6.78. The summed E-state index contributed by atoms with van der Waals surface area (Å²) >= 11 is 1.69. The van der Waals surface area contributed by atoms with Crippen molar-refractivity contribution in [1.29, 1.82) is 0 Å². The lowest BCUT2D eigenvalue weighted by atomic mass is 10.2. The highest BCUT2D eigenvalue weighted by Gasteiger charge is 2.25. The Hall–Kier alpha value is -2.96. The molecule has 0 N–H and O–H groups in total. The first-order chi connectivity index (χ1) is 16.5. The molecule has 0 saturated carbocycles. The van der Waals surface area contributed by atoms with Gasteiger partial charge in [0.05, 0.1) is 13.2 Å². The predicted molar refractivity (Wildman–Crippen MR) is 137 cm³/mol. The molecule has 0 radical (unpaired) electrons. The molecule has 1 aromatic heterocycles. The van der Waals surface area contributed by atoms with Crippen molar-refractivity contribution in [2.45, 2.75) is 52.9 Å². The molecule has 3 aromatic rings. The Kier molecular flexibility index (Phi) is 9.86. The van der Waals surface area contributed by atoms with Crippen molar-refractivity contribution < 1.29 is 14.3 Å². The number of ether oxygens (including phenoxy) is 1. The van der Waals surface area contributed by atoms with Crippen molar-refractivity contribution in [2.24, 2.45) is 0 Å². The molecule has 0 fully saturated rings. The lowest BCUT2D eigenvalue weighted by molar-refractivity contribution is -0.146. The van der Waals surface area contributed by atoms with Gasteiger partial charge in [-0.15, -0.1) is 11.3 Å². The second kappa shape index (κ2) is 13.1. The van der Waals surface area contributed by atoms with Crippen LogP contribution in [-0.2, 0) is 34.0 Å². The minimum Gasteiger partial charge on any atom is -0.367 e.